The largest absolute Gasteiger partial charge is 0.390 e. The molecule has 0 aromatic heterocycles. The lowest BCUT2D eigenvalue weighted by molar-refractivity contribution is -0.154. The van der Waals surface area contributed by atoms with Gasteiger partial charge in [-0.3, -0.25) is 0 Å². The summed E-state index contributed by atoms with van der Waals surface area (Å²) >= 11 is 0. The summed E-state index contributed by atoms with van der Waals surface area (Å²) in [5.74, 6) is 0.490. The molecule has 4 atom stereocenters. The molecule has 0 heterocycles. The van der Waals surface area contributed by atoms with Crippen LogP contribution >= 0.6 is 0 Å². The molecule has 2 nitrogen and oxygen atoms in total. The van der Waals surface area contributed by atoms with Gasteiger partial charge in [-0.1, -0.05) is 18.6 Å². The van der Waals surface area contributed by atoms with Crippen molar-refractivity contribution in [3.63, 3.8) is 0 Å². The minimum Gasteiger partial charge on any atom is -0.390 e. The monoisotopic (exact) mass is 252 g/mol. The summed E-state index contributed by atoms with van der Waals surface area (Å²) in [7, 11) is 0. The van der Waals surface area contributed by atoms with Crippen LogP contribution in [0.4, 0.5) is 0 Å². The predicted octanol–water partition coefficient (Wildman–Crippen LogP) is 3.28. The van der Waals surface area contributed by atoms with E-state index in [2.05, 4.69) is 19.9 Å². The molecule has 2 heteroatoms. The van der Waals surface area contributed by atoms with Gasteiger partial charge in [-0.15, -0.1) is 0 Å². The first kappa shape index (κ1) is 14.1. The van der Waals surface area contributed by atoms with Crippen molar-refractivity contribution in [1.29, 1.82) is 0 Å². The van der Waals surface area contributed by atoms with Gasteiger partial charge >= 0.3 is 0 Å². The van der Waals surface area contributed by atoms with Crippen LogP contribution in [-0.4, -0.2) is 21.4 Å². The van der Waals surface area contributed by atoms with Crippen molar-refractivity contribution in [3.05, 3.63) is 11.6 Å². The van der Waals surface area contributed by atoms with Crippen molar-refractivity contribution < 1.29 is 10.2 Å². The van der Waals surface area contributed by atoms with Gasteiger partial charge in [0.25, 0.3) is 0 Å². The lowest BCUT2D eigenvalue weighted by Gasteiger charge is -2.57. The molecule has 0 amide bonds. The van der Waals surface area contributed by atoms with Crippen molar-refractivity contribution in [1.82, 2.24) is 0 Å². The molecule has 2 N–H and O–H groups in total. The molecule has 104 valence electrons. The van der Waals surface area contributed by atoms with Crippen LogP contribution in [0.25, 0.3) is 0 Å². The first-order valence-corrected chi connectivity index (χ1v) is 7.20. The predicted molar refractivity (Wildman–Crippen MR) is 74.2 cm³/mol. The maximum Gasteiger partial charge on any atom is 0.0656 e. The van der Waals surface area contributed by atoms with Crippen LogP contribution < -0.4 is 0 Å². The fourth-order valence-electron chi connectivity index (χ4n) is 4.75. The fraction of sp³-hybridized carbons (Fsp3) is 0.875. The first-order chi connectivity index (χ1) is 8.07. The summed E-state index contributed by atoms with van der Waals surface area (Å²) in [6.07, 6.45) is 6.15. The Morgan fingerprint density at radius 1 is 1.28 bits per heavy atom. The van der Waals surface area contributed by atoms with Gasteiger partial charge in [0.2, 0.25) is 0 Å². The van der Waals surface area contributed by atoms with Crippen LogP contribution in [0, 0.1) is 17.3 Å². The topological polar surface area (TPSA) is 40.5 Å². The van der Waals surface area contributed by atoms with Crippen LogP contribution in [0.5, 0.6) is 0 Å². The normalized spacial score (nSPS) is 45.4. The van der Waals surface area contributed by atoms with Gasteiger partial charge in [-0.25, -0.2) is 0 Å². The van der Waals surface area contributed by atoms with Gasteiger partial charge < -0.3 is 10.2 Å². The third kappa shape index (κ3) is 2.14. The van der Waals surface area contributed by atoms with E-state index in [-0.39, 0.29) is 17.3 Å². The van der Waals surface area contributed by atoms with Gasteiger partial charge in [0.15, 0.2) is 0 Å². The smallest absolute Gasteiger partial charge is 0.0656 e. The summed E-state index contributed by atoms with van der Waals surface area (Å²) in [5.41, 5.74) is 0.0499. The second kappa shape index (κ2) is 4.08. The highest BCUT2D eigenvalue weighted by molar-refractivity contribution is 5.21. The molecule has 2 rings (SSSR count). The van der Waals surface area contributed by atoms with E-state index >= 15 is 0 Å². The fourth-order valence-corrected chi connectivity index (χ4v) is 4.75. The molecule has 0 saturated heterocycles. The molecule has 1 fully saturated rings. The number of rotatable bonds is 1. The van der Waals surface area contributed by atoms with E-state index < -0.39 is 11.2 Å². The van der Waals surface area contributed by atoms with Crippen molar-refractivity contribution in [3.8, 4) is 0 Å². The van der Waals surface area contributed by atoms with E-state index in [9.17, 15) is 10.2 Å². The SMILES string of the molecule is CC1=C[C@]2(C)C(CC1)[C@](C)(O)CC[C@H]2C(C)(C)O. The third-order valence-electron chi connectivity index (χ3n) is 5.43. The molecular weight excluding hydrogens is 224 g/mol. The maximum atomic E-state index is 10.7. The van der Waals surface area contributed by atoms with Crippen LogP contribution in [-0.2, 0) is 0 Å². The van der Waals surface area contributed by atoms with Gasteiger partial charge in [-0.05, 0) is 70.6 Å². The highest BCUT2D eigenvalue weighted by atomic mass is 16.3. The Morgan fingerprint density at radius 2 is 1.89 bits per heavy atom. The zero-order valence-electron chi connectivity index (χ0n) is 12.5. The summed E-state index contributed by atoms with van der Waals surface area (Å²) in [5, 5.41) is 21.2. The number of hydrogen-bond acceptors (Lipinski definition) is 2. The van der Waals surface area contributed by atoms with E-state index in [1.165, 1.54) is 5.57 Å². The van der Waals surface area contributed by atoms with Crippen molar-refractivity contribution >= 4 is 0 Å². The lowest BCUT2D eigenvalue weighted by atomic mass is 9.50. The van der Waals surface area contributed by atoms with Crippen LogP contribution in [0.15, 0.2) is 11.6 Å². The molecular formula is C16H28O2. The van der Waals surface area contributed by atoms with Crippen molar-refractivity contribution in [2.75, 3.05) is 0 Å². The molecule has 0 aromatic carbocycles. The molecule has 1 saturated carbocycles. The van der Waals surface area contributed by atoms with E-state index in [1.54, 1.807) is 0 Å². The van der Waals surface area contributed by atoms with Gasteiger partial charge in [0.05, 0.1) is 11.2 Å². The van der Waals surface area contributed by atoms with Gasteiger partial charge in [-0.2, -0.15) is 0 Å². The molecule has 1 unspecified atom stereocenters. The number of hydrogen-bond donors (Lipinski definition) is 2. The van der Waals surface area contributed by atoms with Crippen LogP contribution in [0.3, 0.4) is 0 Å². The zero-order valence-corrected chi connectivity index (χ0v) is 12.5. The Labute approximate surface area is 111 Å². The summed E-state index contributed by atoms with van der Waals surface area (Å²) < 4.78 is 0. The minimum absolute atomic E-state index is 0.0810. The van der Waals surface area contributed by atoms with E-state index in [0.717, 1.165) is 25.7 Å². The highest BCUT2D eigenvalue weighted by Crippen LogP contribution is 2.58. The molecule has 0 radical (unpaired) electrons. The standard InChI is InChI=1S/C16H28O2/c1-11-6-7-13-15(4,10-11)12(14(2,3)17)8-9-16(13,5)18/h10,12-13,17-18H,6-9H2,1-5H3/t12-,13?,15-,16+/m0/s1. The average molecular weight is 252 g/mol. The summed E-state index contributed by atoms with van der Waals surface area (Å²) in [6.45, 7) is 10.2. The summed E-state index contributed by atoms with van der Waals surface area (Å²) in [6, 6.07) is 0. The Bertz CT molecular complexity index is 362. The molecule has 0 aliphatic heterocycles. The Kier molecular flexibility index (Phi) is 3.19. The number of aliphatic hydroxyl groups is 2. The zero-order chi connectivity index (χ0) is 13.8. The highest BCUT2D eigenvalue weighted by Gasteiger charge is 2.56. The first-order valence-electron chi connectivity index (χ1n) is 7.20. The Morgan fingerprint density at radius 3 is 2.44 bits per heavy atom. The maximum absolute atomic E-state index is 10.7. The van der Waals surface area contributed by atoms with Crippen LogP contribution in [0.1, 0.15) is 60.3 Å². The third-order valence-corrected chi connectivity index (χ3v) is 5.43. The van der Waals surface area contributed by atoms with E-state index in [1.807, 2.05) is 20.8 Å². The molecule has 0 bridgehead atoms. The second-order valence-electron chi connectivity index (χ2n) is 7.55. The Hall–Kier alpha value is -0.340. The van der Waals surface area contributed by atoms with Crippen molar-refractivity contribution in [2.24, 2.45) is 17.3 Å². The number of allylic oxidation sites excluding steroid dienone is 2. The molecule has 2 aliphatic rings. The molecule has 0 aromatic rings. The Balaban J connectivity index is 2.46. The van der Waals surface area contributed by atoms with E-state index in [0.29, 0.717) is 0 Å². The molecule has 2 aliphatic carbocycles. The molecule has 0 spiro atoms. The minimum atomic E-state index is -0.683. The average Bonchev–Trinajstić information content (AvgIpc) is 2.12. The lowest BCUT2D eigenvalue weighted by Crippen LogP contribution is -2.57. The van der Waals surface area contributed by atoms with Crippen molar-refractivity contribution in [2.45, 2.75) is 71.5 Å². The van der Waals surface area contributed by atoms with Gasteiger partial charge in [0.1, 0.15) is 0 Å². The molecule has 18 heavy (non-hydrogen) atoms. The van der Waals surface area contributed by atoms with E-state index in [4.69, 9.17) is 0 Å². The van der Waals surface area contributed by atoms with Gasteiger partial charge in [0, 0.05) is 0 Å². The summed E-state index contributed by atoms with van der Waals surface area (Å²) in [4.78, 5) is 0. The number of fused-ring (bicyclic) bond motifs is 1. The van der Waals surface area contributed by atoms with Crippen LogP contribution in [0.2, 0.25) is 0 Å². The quantitative estimate of drug-likeness (QED) is 0.703. The second-order valence-corrected chi connectivity index (χ2v) is 7.55.